The molecule has 3 heterocycles. The van der Waals surface area contributed by atoms with E-state index in [2.05, 4.69) is 20.2 Å². The Morgan fingerprint density at radius 2 is 1.76 bits per heavy atom. The first kappa shape index (κ1) is 23.6. The minimum atomic E-state index is -0.517. The number of piperazine rings is 1. The predicted molar refractivity (Wildman–Crippen MR) is 130 cm³/mol. The lowest BCUT2D eigenvalue weighted by Crippen LogP contribution is -2.50. The van der Waals surface area contributed by atoms with Crippen LogP contribution in [0.1, 0.15) is 30.4 Å². The molecule has 2 aromatic heterocycles. The van der Waals surface area contributed by atoms with Gasteiger partial charge in [-0.15, -0.1) is 11.3 Å². The zero-order valence-corrected chi connectivity index (χ0v) is 20.1. The van der Waals surface area contributed by atoms with Gasteiger partial charge in [0.15, 0.2) is 0 Å². The number of carbonyl (C=O) groups excluding carboxylic acids is 2. The van der Waals surface area contributed by atoms with E-state index in [1.165, 1.54) is 12.3 Å². The highest BCUT2D eigenvalue weighted by Crippen LogP contribution is 2.28. The highest BCUT2D eigenvalue weighted by atomic mass is 32.1. The van der Waals surface area contributed by atoms with Gasteiger partial charge in [0.25, 0.3) is 5.91 Å². The molecule has 1 saturated heterocycles. The van der Waals surface area contributed by atoms with E-state index in [-0.39, 0.29) is 17.8 Å². The fourth-order valence-corrected chi connectivity index (χ4v) is 4.28. The number of aromatic nitrogens is 2. The van der Waals surface area contributed by atoms with Gasteiger partial charge < -0.3 is 19.9 Å². The molecular formula is C24H26FN5O3S. The molecule has 0 unspecified atom stereocenters. The van der Waals surface area contributed by atoms with E-state index >= 15 is 0 Å². The van der Waals surface area contributed by atoms with E-state index in [9.17, 15) is 14.0 Å². The number of halogens is 1. The van der Waals surface area contributed by atoms with Gasteiger partial charge in [-0.2, -0.15) is 0 Å². The summed E-state index contributed by atoms with van der Waals surface area (Å²) in [7, 11) is 0. The maximum Gasteiger partial charge on any atom is 0.410 e. The molecule has 0 aliphatic carbocycles. The lowest BCUT2D eigenvalue weighted by molar-refractivity contribution is 0.0240. The van der Waals surface area contributed by atoms with Crippen molar-refractivity contribution in [3.05, 3.63) is 59.5 Å². The molecular weight excluding hydrogens is 457 g/mol. The van der Waals surface area contributed by atoms with Crippen LogP contribution in [0.4, 0.5) is 20.7 Å². The predicted octanol–water partition coefficient (Wildman–Crippen LogP) is 4.65. The Bertz CT molecular complexity index is 1170. The Hall–Kier alpha value is -3.53. The van der Waals surface area contributed by atoms with Gasteiger partial charge in [-0.3, -0.25) is 4.79 Å². The summed E-state index contributed by atoms with van der Waals surface area (Å²) < 4.78 is 19.4. The zero-order chi connectivity index (χ0) is 24.3. The second-order valence-corrected chi connectivity index (χ2v) is 9.85. The van der Waals surface area contributed by atoms with Crippen molar-refractivity contribution >= 4 is 34.8 Å². The van der Waals surface area contributed by atoms with Crippen LogP contribution in [0, 0.1) is 5.82 Å². The summed E-state index contributed by atoms with van der Waals surface area (Å²) in [6.07, 6.45) is 2.82. The molecule has 0 spiro atoms. The van der Waals surface area contributed by atoms with Gasteiger partial charge >= 0.3 is 6.09 Å². The molecule has 0 atom stereocenters. The maximum atomic E-state index is 14.0. The van der Waals surface area contributed by atoms with Crippen LogP contribution in [-0.4, -0.2) is 58.6 Å². The smallest absolute Gasteiger partial charge is 0.410 e. The normalized spacial score (nSPS) is 14.1. The monoisotopic (exact) mass is 483 g/mol. The average Bonchev–Trinajstić information content (AvgIpc) is 3.29. The first-order valence-corrected chi connectivity index (χ1v) is 11.7. The lowest BCUT2D eigenvalue weighted by Gasteiger charge is -2.36. The molecule has 34 heavy (non-hydrogen) atoms. The summed E-state index contributed by atoms with van der Waals surface area (Å²) in [5, 5.41) is 3.19. The van der Waals surface area contributed by atoms with Crippen molar-refractivity contribution in [2.24, 2.45) is 0 Å². The van der Waals surface area contributed by atoms with Crippen LogP contribution in [0.3, 0.4) is 0 Å². The fraction of sp³-hybridized carbons (Fsp3) is 0.333. The van der Waals surface area contributed by atoms with Crippen molar-refractivity contribution in [1.82, 2.24) is 14.9 Å². The SMILES string of the molecule is CC(C)(C)OC(=O)N1CCN(c2ccc(NC(=O)c3cnc(-c4ccccc4F)s3)nc2)CC1. The van der Waals surface area contributed by atoms with E-state index < -0.39 is 5.60 Å². The van der Waals surface area contributed by atoms with Crippen molar-refractivity contribution in [3.63, 3.8) is 0 Å². The van der Waals surface area contributed by atoms with E-state index in [1.54, 1.807) is 35.4 Å². The molecule has 0 radical (unpaired) electrons. The van der Waals surface area contributed by atoms with Gasteiger partial charge in [0, 0.05) is 31.7 Å². The molecule has 3 aromatic rings. The third-order valence-corrected chi connectivity index (χ3v) is 6.15. The number of nitrogens with one attached hydrogen (secondary N) is 1. The molecule has 8 nitrogen and oxygen atoms in total. The van der Waals surface area contributed by atoms with Gasteiger partial charge in [-0.05, 0) is 45.0 Å². The number of hydrogen-bond acceptors (Lipinski definition) is 7. The topological polar surface area (TPSA) is 87.7 Å². The van der Waals surface area contributed by atoms with Gasteiger partial charge in [0.1, 0.15) is 27.1 Å². The Morgan fingerprint density at radius 1 is 1.03 bits per heavy atom. The summed E-state index contributed by atoms with van der Waals surface area (Å²) in [6.45, 7) is 7.99. The van der Waals surface area contributed by atoms with Crippen molar-refractivity contribution in [2.75, 3.05) is 36.4 Å². The van der Waals surface area contributed by atoms with Crippen LogP contribution < -0.4 is 10.2 Å². The number of ether oxygens (including phenoxy) is 1. The number of carbonyl (C=O) groups is 2. The molecule has 1 aliphatic heterocycles. The van der Waals surface area contributed by atoms with Crippen molar-refractivity contribution < 1.29 is 18.7 Å². The fourth-order valence-electron chi connectivity index (χ4n) is 3.44. The molecule has 0 bridgehead atoms. The van der Waals surface area contributed by atoms with E-state index in [0.717, 1.165) is 17.0 Å². The van der Waals surface area contributed by atoms with Crippen LogP contribution in [0.25, 0.3) is 10.6 Å². The molecule has 1 aliphatic rings. The van der Waals surface area contributed by atoms with Gasteiger partial charge in [0.05, 0.1) is 18.1 Å². The third kappa shape index (κ3) is 5.69. The number of benzene rings is 1. The number of rotatable bonds is 4. The first-order chi connectivity index (χ1) is 16.2. The van der Waals surface area contributed by atoms with Gasteiger partial charge in [-0.25, -0.2) is 19.2 Å². The number of anilines is 2. The Kier molecular flexibility index (Phi) is 6.78. The Balaban J connectivity index is 1.33. The van der Waals surface area contributed by atoms with Crippen LogP contribution in [0.5, 0.6) is 0 Å². The van der Waals surface area contributed by atoms with Gasteiger partial charge in [0.2, 0.25) is 0 Å². The summed E-state index contributed by atoms with van der Waals surface area (Å²) in [6, 6.07) is 9.93. The largest absolute Gasteiger partial charge is 0.444 e. The maximum absolute atomic E-state index is 14.0. The molecule has 10 heteroatoms. The highest BCUT2D eigenvalue weighted by molar-refractivity contribution is 7.17. The third-order valence-electron chi connectivity index (χ3n) is 5.12. The summed E-state index contributed by atoms with van der Waals surface area (Å²) in [4.78, 5) is 37.5. The number of nitrogens with zero attached hydrogens (tertiary/aromatic N) is 4. The second kappa shape index (κ2) is 9.76. The lowest BCUT2D eigenvalue weighted by atomic mass is 10.2. The zero-order valence-electron chi connectivity index (χ0n) is 19.2. The average molecular weight is 484 g/mol. The van der Waals surface area contributed by atoms with E-state index in [4.69, 9.17) is 4.74 Å². The molecule has 1 N–H and O–H groups in total. The minimum absolute atomic E-state index is 0.301. The number of hydrogen-bond donors (Lipinski definition) is 1. The minimum Gasteiger partial charge on any atom is -0.444 e. The van der Waals surface area contributed by atoms with Crippen molar-refractivity contribution in [3.8, 4) is 10.6 Å². The van der Waals surface area contributed by atoms with Crippen LogP contribution in [0.2, 0.25) is 0 Å². The Morgan fingerprint density at radius 3 is 2.41 bits per heavy atom. The summed E-state index contributed by atoms with van der Waals surface area (Å²) in [5.74, 6) is -0.332. The summed E-state index contributed by atoms with van der Waals surface area (Å²) in [5.41, 5.74) is 0.749. The molecule has 1 aromatic carbocycles. The first-order valence-electron chi connectivity index (χ1n) is 10.9. The molecule has 4 rings (SSSR count). The molecule has 0 saturated carbocycles. The van der Waals surface area contributed by atoms with Crippen LogP contribution in [-0.2, 0) is 4.74 Å². The number of pyridine rings is 1. The van der Waals surface area contributed by atoms with Crippen molar-refractivity contribution in [2.45, 2.75) is 26.4 Å². The van der Waals surface area contributed by atoms with E-state index in [0.29, 0.717) is 47.4 Å². The standard InChI is InChI=1S/C24H26FN5O3S/c1-24(2,3)33-23(32)30-12-10-29(11-13-30)16-8-9-20(26-14-16)28-21(31)19-15-27-22(34-19)17-6-4-5-7-18(17)25/h4-9,14-15H,10-13H2,1-3H3,(H,26,28,31). The van der Waals surface area contributed by atoms with Gasteiger partial charge in [-0.1, -0.05) is 12.1 Å². The molecule has 2 amide bonds. The number of amides is 2. The van der Waals surface area contributed by atoms with Crippen LogP contribution >= 0.6 is 11.3 Å². The highest BCUT2D eigenvalue weighted by Gasteiger charge is 2.26. The second-order valence-electron chi connectivity index (χ2n) is 8.82. The van der Waals surface area contributed by atoms with E-state index in [1.807, 2.05) is 26.8 Å². The quantitative estimate of drug-likeness (QED) is 0.581. The van der Waals surface area contributed by atoms with Crippen LogP contribution in [0.15, 0.2) is 48.8 Å². The summed E-state index contributed by atoms with van der Waals surface area (Å²) >= 11 is 1.12. The van der Waals surface area contributed by atoms with Crippen molar-refractivity contribution in [1.29, 1.82) is 0 Å². The Labute approximate surface area is 201 Å². The number of thiazole rings is 1. The molecule has 1 fully saturated rings. The molecule has 178 valence electrons.